The Morgan fingerprint density at radius 1 is 1.78 bits per heavy atom. The smallest absolute Gasteiger partial charge is 0.172 e. The summed E-state index contributed by atoms with van der Waals surface area (Å²) in [6.45, 7) is 0. The van der Waals surface area contributed by atoms with Gasteiger partial charge in [0.1, 0.15) is 6.07 Å². The summed E-state index contributed by atoms with van der Waals surface area (Å²) >= 11 is 0. The zero-order valence-electron chi connectivity index (χ0n) is 4.78. The number of aliphatic hydroxyl groups is 2. The molecule has 3 heteroatoms. The van der Waals surface area contributed by atoms with E-state index in [1.807, 2.05) is 0 Å². The Morgan fingerprint density at radius 3 is 2.67 bits per heavy atom. The first-order chi connectivity index (χ1) is 4.16. The van der Waals surface area contributed by atoms with Gasteiger partial charge in [0.25, 0.3) is 0 Å². The van der Waals surface area contributed by atoms with Gasteiger partial charge in [-0.25, -0.2) is 0 Å². The summed E-state index contributed by atoms with van der Waals surface area (Å²) in [6, 6.07) is 1.68. The third-order valence-corrected chi connectivity index (χ3v) is 1.31. The van der Waals surface area contributed by atoms with Crippen LogP contribution in [-0.2, 0) is 0 Å². The van der Waals surface area contributed by atoms with Gasteiger partial charge in [-0.3, -0.25) is 0 Å². The van der Waals surface area contributed by atoms with Crippen LogP contribution in [0.5, 0.6) is 0 Å². The molecule has 0 aromatic carbocycles. The van der Waals surface area contributed by atoms with E-state index in [1.165, 1.54) is 12.2 Å². The second-order valence-electron chi connectivity index (χ2n) is 2.17. The molecule has 0 aromatic heterocycles. The molecule has 0 saturated heterocycles. The summed E-state index contributed by atoms with van der Waals surface area (Å²) in [5.41, 5.74) is -1.42. The minimum absolute atomic E-state index is 0.101. The van der Waals surface area contributed by atoms with E-state index in [1.54, 1.807) is 6.07 Å². The van der Waals surface area contributed by atoms with Crippen LogP contribution in [0.15, 0.2) is 12.2 Å². The Bertz CT molecular complexity index is 182. The normalized spacial score (nSPS) is 40.8. The number of nitrogens with zero attached hydrogens (tertiary/aromatic N) is 1. The molecule has 1 aliphatic rings. The quantitative estimate of drug-likeness (QED) is 0.341. The molecule has 0 bridgehead atoms. The predicted octanol–water partition coefficient (Wildman–Crippen LogP) is -0.438. The topological polar surface area (TPSA) is 64.2 Å². The minimum atomic E-state index is -1.42. The van der Waals surface area contributed by atoms with Gasteiger partial charge in [0.2, 0.25) is 0 Å². The standard InChI is InChI=1S/C6H7NO2/c7-4-6(9)2-1-5(8)3-6/h1-2,5,8-9H,3H2/t5-,6-/m0/s1. The van der Waals surface area contributed by atoms with Crippen molar-refractivity contribution >= 4 is 0 Å². The molecule has 3 nitrogen and oxygen atoms in total. The second kappa shape index (κ2) is 1.83. The largest absolute Gasteiger partial charge is 0.389 e. The van der Waals surface area contributed by atoms with E-state index in [4.69, 9.17) is 15.5 Å². The lowest BCUT2D eigenvalue weighted by molar-refractivity contribution is 0.104. The molecule has 2 N–H and O–H groups in total. The van der Waals surface area contributed by atoms with E-state index in [-0.39, 0.29) is 6.42 Å². The number of aliphatic hydroxyl groups excluding tert-OH is 1. The fraction of sp³-hybridized carbons (Fsp3) is 0.500. The molecule has 0 spiro atoms. The van der Waals surface area contributed by atoms with Gasteiger partial charge in [0, 0.05) is 6.42 Å². The molecule has 0 fully saturated rings. The van der Waals surface area contributed by atoms with Gasteiger partial charge in [-0.2, -0.15) is 5.26 Å². The van der Waals surface area contributed by atoms with Crippen LogP contribution >= 0.6 is 0 Å². The molecule has 0 amide bonds. The number of rotatable bonds is 0. The van der Waals surface area contributed by atoms with Gasteiger partial charge >= 0.3 is 0 Å². The van der Waals surface area contributed by atoms with Crippen molar-refractivity contribution in [2.24, 2.45) is 0 Å². The average Bonchev–Trinajstić information content (AvgIpc) is 2.13. The third kappa shape index (κ3) is 1.10. The molecule has 9 heavy (non-hydrogen) atoms. The number of hydrogen-bond acceptors (Lipinski definition) is 3. The molecule has 0 radical (unpaired) electrons. The van der Waals surface area contributed by atoms with Crippen molar-refractivity contribution in [2.45, 2.75) is 18.1 Å². The summed E-state index contributed by atoms with van der Waals surface area (Å²) in [7, 11) is 0. The zero-order valence-corrected chi connectivity index (χ0v) is 4.78. The van der Waals surface area contributed by atoms with Crippen molar-refractivity contribution in [3.8, 4) is 6.07 Å². The maximum Gasteiger partial charge on any atom is 0.172 e. The van der Waals surface area contributed by atoms with Crippen molar-refractivity contribution < 1.29 is 10.2 Å². The van der Waals surface area contributed by atoms with E-state index in [0.717, 1.165) is 0 Å². The molecule has 48 valence electrons. The molecular weight excluding hydrogens is 118 g/mol. The van der Waals surface area contributed by atoms with Crippen molar-refractivity contribution in [3.05, 3.63) is 12.2 Å². The van der Waals surface area contributed by atoms with Crippen molar-refractivity contribution in [3.63, 3.8) is 0 Å². The lowest BCUT2D eigenvalue weighted by Gasteiger charge is -2.08. The SMILES string of the molecule is N#C[C@]1(O)C=C[C@H](O)C1. The summed E-state index contributed by atoms with van der Waals surface area (Å²) in [6.07, 6.45) is 2.18. The van der Waals surface area contributed by atoms with Crippen LogP contribution in [0, 0.1) is 11.3 Å². The molecule has 0 unspecified atom stereocenters. The van der Waals surface area contributed by atoms with Gasteiger partial charge in [-0.05, 0) is 6.08 Å². The van der Waals surface area contributed by atoms with Crippen LogP contribution in [0.3, 0.4) is 0 Å². The zero-order chi connectivity index (χ0) is 6.91. The summed E-state index contributed by atoms with van der Waals surface area (Å²) in [4.78, 5) is 0. The first kappa shape index (κ1) is 6.27. The van der Waals surface area contributed by atoms with Crippen LogP contribution in [0.25, 0.3) is 0 Å². The molecule has 2 atom stereocenters. The summed E-state index contributed by atoms with van der Waals surface area (Å²) in [5.74, 6) is 0. The highest BCUT2D eigenvalue weighted by atomic mass is 16.3. The van der Waals surface area contributed by atoms with E-state index in [2.05, 4.69) is 0 Å². The molecule has 1 aliphatic carbocycles. The Kier molecular flexibility index (Phi) is 1.28. The first-order valence-corrected chi connectivity index (χ1v) is 2.67. The summed E-state index contributed by atoms with van der Waals surface area (Å²) in [5, 5.41) is 26.1. The second-order valence-corrected chi connectivity index (χ2v) is 2.17. The fourth-order valence-corrected chi connectivity index (χ4v) is 0.808. The highest BCUT2D eigenvalue weighted by Gasteiger charge is 2.30. The van der Waals surface area contributed by atoms with Crippen molar-refractivity contribution in [2.75, 3.05) is 0 Å². The van der Waals surface area contributed by atoms with Gasteiger partial charge < -0.3 is 10.2 Å². The molecule has 0 heterocycles. The molecule has 0 saturated carbocycles. The Hall–Kier alpha value is -0.850. The Morgan fingerprint density at radius 2 is 2.44 bits per heavy atom. The van der Waals surface area contributed by atoms with Crippen LogP contribution in [-0.4, -0.2) is 21.9 Å². The van der Waals surface area contributed by atoms with E-state index in [0.29, 0.717) is 0 Å². The first-order valence-electron chi connectivity index (χ1n) is 2.67. The highest BCUT2D eigenvalue weighted by Crippen LogP contribution is 2.21. The van der Waals surface area contributed by atoms with Crippen LogP contribution in [0.1, 0.15) is 6.42 Å². The van der Waals surface area contributed by atoms with Crippen molar-refractivity contribution in [1.29, 1.82) is 5.26 Å². The van der Waals surface area contributed by atoms with E-state index in [9.17, 15) is 0 Å². The Balaban J connectivity index is 2.71. The lowest BCUT2D eigenvalue weighted by atomic mass is 10.1. The predicted molar refractivity (Wildman–Crippen MR) is 30.3 cm³/mol. The molecule has 1 rings (SSSR count). The van der Waals surface area contributed by atoms with Crippen LogP contribution < -0.4 is 0 Å². The minimum Gasteiger partial charge on any atom is -0.389 e. The van der Waals surface area contributed by atoms with Crippen molar-refractivity contribution in [1.82, 2.24) is 0 Å². The van der Waals surface area contributed by atoms with Crippen LogP contribution in [0.4, 0.5) is 0 Å². The third-order valence-electron chi connectivity index (χ3n) is 1.31. The monoisotopic (exact) mass is 125 g/mol. The van der Waals surface area contributed by atoms with E-state index >= 15 is 0 Å². The van der Waals surface area contributed by atoms with E-state index < -0.39 is 11.7 Å². The van der Waals surface area contributed by atoms with Gasteiger partial charge in [0.15, 0.2) is 5.60 Å². The lowest BCUT2D eigenvalue weighted by Crippen LogP contribution is -2.22. The van der Waals surface area contributed by atoms with Crippen LogP contribution in [0.2, 0.25) is 0 Å². The highest BCUT2D eigenvalue weighted by molar-refractivity contribution is 5.22. The maximum absolute atomic E-state index is 9.06. The molecular formula is C6H7NO2. The molecule has 0 aliphatic heterocycles. The summed E-state index contributed by atoms with van der Waals surface area (Å²) < 4.78 is 0. The van der Waals surface area contributed by atoms with Gasteiger partial charge in [-0.1, -0.05) is 6.08 Å². The van der Waals surface area contributed by atoms with Gasteiger partial charge in [0.05, 0.1) is 6.10 Å². The number of nitriles is 1. The number of hydrogen-bond donors (Lipinski definition) is 2. The average molecular weight is 125 g/mol. The molecule has 0 aromatic rings. The maximum atomic E-state index is 9.06. The Labute approximate surface area is 52.8 Å². The fourth-order valence-electron chi connectivity index (χ4n) is 0.808. The van der Waals surface area contributed by atoms with Gasteiger partial charge in [-0.15, -0.1) is 0 Å².